The lowest BCUT2D eigenvalue weighted by molar-refractivity contribution is -0.121. The van der Waals surface area contributed by atoms with Crippen LogP contribution in [0.2, 0.25) is 0 Å². The summed E-state index contributed by atoms with van der Waals surface area (Å²) in [7, 11) is 0. The van der Waals surface area contributed by atoms with Gasteiger partial charge in [0.2, 0.25) is 5.91 Å². The zero-order valence-electron chi connectivity index (χ0n) is 9.16. The molecule has 0 aromatic heterocycles. The molecule has 82 valence electrons. The highest BCUT2D eigenvalue weighted by molar-refractivity contribution is 5.79. The molecule has 0 aliphatic rings. The van der Waals surface area contributed by atoms with Gasteiger partial charge in [-0.1, -0.05) is 24.3 Å². The van der Waals surface area contributed by atoms with Gasteiger partial charge in [0.05, 0.1) is 13.0 Å². The molecule has 1 aromatic carbocycles. The van der Waals surface area contributed by atoms with E-state index in [-0.39, 0.29) is 18.6 Å². The fourth-order valence-corrected chi connectivity index (χ4v) is 1.35. The third-order valence-corrected chi connectivity index (χ3v) is 2.29. The van der Waals surface area contributed by atoms with Gasteiger partial charge in [-0.2, -0.15) is 0 Å². The van der Waals surface area contributed by atoms with Crippen molar-refractivity contribution >= 4 is 5.91 Å². The number of nitrogens with one attached hydrogen (secondary N) is 1. The molecule has 3 heteroatoms. The maximum Gasteiger partial charge on any atom is 0.224 e. The summed E-state index contributed by atoms with van der Waals surface area (Å²) in [5.74, 6) is -0.0501. The third kappa shape index (κ3) is 3.72. The van der Waals surface area contributed by atoms with E-state index in [1.54, 1.807) is 6.92 Å². The van der Waals surface area contributed by atoms with Gasteiger partial charge in [0.15, 0.2) is 0 Å². The van der Waals surface area contributed by atoms with E-state index in [9.17, 15) is 4.79 Å². The van der Waals surface area contributed by atoms with Crippen LogP contribution in [0.1, 0.15) is 18.1 Å². The van der Waals surface area contributed by atoms with Crippen molar-refractivity contribution in [3.05, 3.63) is 35.4 Å². The van der Waals surface area contributed by atoms with Crippen LogP contribution in [-0.2, 0) is 11.2 Å². The Kier molecular flexibility index (Phi) is 4.31. The molecule has 0 saturated carbocycles. The standard InChI is InChI=1S/C12H17NO2/c1-9-5-3-4-6-11(9)7-12(15)13-10(2)8-14/h3-6,10,14H,7-8H2,1-2H3,(H,13,15)/t10-/m1/s1. The average molecular weight is 207 g/mol. The lowest BCUT2D eigenvalue weighted by atomic mass is 10.1. The zero-order valence-corrected chi connectivity index (χ0v) is 9.16. The van der Waals surface area contributed by atoms with Crippen molar-refractivity contribution in [1.82, 2.24) is 5.32 Å². The topological polar surface area (TPSA) is 49.3 Å². The number of rotatable bonds is 4. The predicted octanol–water partition coefficient (Wildman–Crippen LogP) is 1.03. The summed E-state index contributed by atoms with van der Waals surface area (Å²) in [6, 6.07) is 7.62. The van der Waals surface area contributed by atoms with Gasteiger partial charge in [-0.15, -0.1) is 0 Å². The van der Waals surface area contributed by atoms with Gasteiger partial charge in [-0.25, -0.2) is 0 Å². The van der Waals surface area contributed by atoms with Crippen LogP contribution in [-0.4, -0.2) is 23.7 Å². The van der Waals surface area contributed by atoms with Crippen molar-refractivity contribution < 1.29 is 9.90 Å². The van der Waals surface area contributed by atoms with Crippen molar-refractivity contribution in [3.63, 3.8) is 0 Å². The normalized spacial score (nSPS) is 12.2. The molecule has 0 aliphatic heterocycles. The van der Waals surface area contributed by atoms with Crippen molar-refractivity contribution in [3.8, 4) is 0 Å². The van der Waals surface area contributed by atoms with Gasteiger partial charge in [-0.3, -0.25) is 4.79 Å². The summed E-state index contributed by atoms with van der Waals surface area (Å²) in [5, 5.41) is 11.5. The van der Waals surface area contributed by atoms with E-state index >= 15 is 0 Å². The summed E-state index contributed by atoms with van der Waals surface area (Å²) in [4.78, 5) is 11.5. The molecule has 1 atom stereocenters. The lowest BCUT2D eigenvalue weighted by Gasteiger charge is -2.11. The van der Waals surface area contributed by atoms with Crippen LogP contribution in [0.5, 0.6) is 0 Å². The molecule has 0 bridgehead atoms. The first kappa shape index (κ1) is 11.7. The van der Waals surface area contributed by atoms with Crippen molar-refractivity contribution in [2.45, 2.75) is 26.3 Å². The number of aryl methyl sites for hydroxylation is 1. The fraction of sp³-hybridized carbons (Fsp3) is 0.417. The van der Waals surface area contributed by atoms with E-state index in [1.165, 1.54) is 0 Å². The van der Waals surface area contributed by atoms with Crippen LogP contribution >= 0.6 is 0 Å². The highest BCUT2D eigenvalue weighted by Gasteiger charge is 2.07. The van der Waals surface area contributed by atoms with Crippen molar-refractivity contribution in [1.29, 1.82) is 0 Å². The molecule has 0 heterocycles. The summed E-state index contributed by atoms with van der Waals surface area (Å²) < 4.78 is 0. The second-order valence-electron chi connectivity index (χ2n) is 3.75. The molecule has 15 heavy (non-hydrogen) atoms. The molecule has 2 N–H and O–H groups in total. The minimum atomic E-state index is -0.179. The molecule has 0 radical (unpaired) electrons. The summed E-state index contributed by atoms with van der Waals surface area (Å²) in [5.41, 5.74) is 2.14. The Hall–Kier alpha value is -1.35. The van der Waals surface area contributed by atoms with Crippen LogP contribution in [0.3, 0.4) is 0 Å². The lowest BCUT2D eigenvalue weighted by Crippen LogP contribution is -2.36. The second kappa shape index (κ2) is 5.51. The Morgan fingerprint density at radius 3 is 2.73 bits per heavy atom. The maximum atomic E-state index is 11.5. The molecule has 0 fully saturated rings. The molecule has 1 amide bonds. The van der Waals surface area contributed by atoms with E-state index in [1.807, 2.05) is 31.2 Å². The Morgan fingerprint density at radius 2 is 2.13 bits per heavy atom. The fourth-order valence-electron chi connectivity index (χ4n) is 1.35. The van der Waals surface area contributed by atoms with Gasteiger partial charge in [0.1, 0.15) is 0 Å². The number of aliphatic hydroxyl groups excluding tert-OH is 1. The smallest absolute Gasteiger partial charge is 0.224 e. The maximum absolute atomic E-state index is 11.5. The van der Waals surface area contributed by atoms with E-state index in [0.29, 0.717) is 6.42 Å². The summed E-state index contributed by atoms with van der Waals surface area (Å²) in [6.45, 7) is 3.73. The van der Waals surface area contributed by atoms with Crippen LogP contribution in [0.15, 0.2) is 24.3 Å². The average Bonchev–Trinajstić information content (AvgIpc) is 2.21. The third-order valence-electron chi connectivity index (χ3n) is 2.29. The van der Waals surface area contributed by atoms with Gasteiger partial charge < -0.3 is 10.4 Å². The van der Waals surface area contributed by atoms with Crippen LogP contribution in [0, 0.1) is 6.92 Å². The van der Waals surface area contributed by atoms with Crippen molar-refractivity contribution in [2.24, 2.45) is 0 Å². The van der Waals surface area contributed by atoms with Gasteiger partial charge in [-0.05, 0) is 25.0 Å². The first-order valence-corrected chi connectivity index (χ1v) is 5.08. The first-order valence-electron chi connectivity index (χ1n) is 5.08. The number of hydrogen-bond donors (Lipinski definition) is 2. The molecule has 1 aromatic rings. The Morgan fingerprint density at radius 1 is 1.47 bits per heavy atom. The SMILES string of the molecule is Cc1ccccc1CC(=O)N[C@H](C)CO. The highest BCUT2D eigenvalue weighted by atomic mass is 16.3. The first-order chi connectivity index (χ1) is 7.13. The Labute approximate surface area is 90.1 Å². The molecule has 1 rings (SSSR count). The summed E-state index contributed by atoms with van der Waals surface area (Å²) in [6.07, 6.45) is 0.372. The van der Waals surface area contributed by atoms with Crippen molar-refractivity contribution in [2.75, 3.05) is 6.61 Å². The Balaban J connectivity index is 2.55. The molecule has 0 aliphatic carbocycles. The second-order valence-corrected chi connectivity index (χ2v) is 3.75. The molecule has 3 nitrogen and oxygen atoms in total. The summed E-state index contributed by atoms with van der Waals surface area (Å²) >= 11 is 0. The molecule has 0 spiro atoms. The number of aliphatic hydroxyl groups is 1. The van der Waals surface area contributed by atoms with E-state index in [4.69, 9.17) is 5.11 Å². The van der Waals surface area contributed by atoms with Gasteiger partial charge >= 0.3 is 0 Å². The van der Waals surface area contributed by atoms with Gasteiger partial charge in [0.25, 0.3) is 0 Å². The predicted molar refractivity (Wildman–Crippen MR) is 59.6 cm³/mol. The molecular formula is C12H17NO2. The molecule has 0 saturated heterocycles. The van der Waals surface area contributed by atoms with Crippen LogP contribution in [0.25, 0.3) is 0 Å². The number of amides is 1. The minimum Gasteiger partial charge on any atom is -0.394 e. The van der Waals surface area contributed by atoms with E-state index in [2.05, 4.69) is 5.32 Å². The number of benzene rings is 1. The number of carbonyl (C=O) groups excluding carboxylic acids is 1. The Bertz CT molecular complexity index is 336. The van der Waals surface area contributed by atoms with Crippen LogP contribution < -0.4 is 5.32 Å². The zero-order chi connectivity index (χ0) is 11.3. The number of hydrogen-bond acceptors (Lipinski definition) is 2. The highest BCUT2D eigenvalue weighted by Crippen LogP contribution is 2.07. The van der Waals surface area contributed by atoms with E-state index < -0.39 is 0 Å². The minimum absolute atomic E-state index is 0.0283. The van der Waals surface area contributed by atoms with Gasteiger partial charge in [0, 0.05) is 6.04 Å². The van der Waals surface area contributed by atoms with E-state index in [0.717, 1.165) is 11.1 Å². The molecular weight excluding hydrogens is 190 g/mol. The number of carbonyl (C=O) groups is 1. The largest absolute Gasteiger partial charge is 0.394 e. The quantitative estimate of drug-likeness (QED) is 0.775. The monoisotopic (exact) mass is 207 g/mol. The van der Waals surface area contributed by atoms with Crippen LogP contribution in [0.4, 0.5) is 0 Å². The molecule has 0 unspecified atom stereocenters.